The van der Waals surface area contributed by atoms with Crippen molar-refractivity contribution in [1.82, 2.24) is 10.2 Å². The Labute approximate surface area is 132 Å². The third-order valence-corrected chi connectivity index (χ3v) is 6.19. The van der Waals surface area contributed by atoms with Crippen molar-refractivity contribution in [2.24, 2.45) is 5.92 Å². The molecule has 122 valence electrons. The fourth-order valence-corrected chi connectivity index (χ4v) is 4.52. The Morgan fingerprint density at radius 3 is 2.50 bits per heavy atom. The number of amides is 2. The number of urea groups is 1. The molecular formula is C16H24N2O3S. The molecule has 2 rings (SSSR count). The van der Waals surface area contributed by atoms with Crippen molar-refractivity contribution in [3.8, 4) is 0 Å². The van der Waals surface area contributed by atoms with Crippen LogP contribution in [0, 0.1) is 5.92 Å². The smallest absolute Gasteiger partial charge is 0.317 e. The molecule has 0 radical (unpaired) electrons. The highest BCUT2D eigenvalue weighted by molar-refractivity contribution is 7.92. The van der Waals surface area contributed by atoms with Gasteiger partial charge in [-0.1, -0.05) is 44.2 Å². The van der Waals surface area contributed by atoms with Crippen LogP contribution in [0.1, 0.15) is 19.4 Å². The predicted octanol–water partition coefficient (Wildman–Crippen LogP) is 1.69. The first kappa shape index (κ1) is 16.8. The summed E-state index contributed by atoms with van der Waals surface area (Å²) in [6.07, 6.45) is 0.773. The van der Waals surface area contributed by atoms with Gasteiger partial charge < -0.3 is 10.2 Å². The third-order valence-electron chi connectivity index (χ3n) is 3.74. The van der Waals surface area contributed by atoms with Crippen molar-refractivity contribution in [2.45, 2.75) is 25.5 Å². The highest BCUT2D eigenvalue weighted by atomic mass is 32.2. The summed E-state index contributed by atoms with van der Waals surface area (Å²) in [5.74, 6) is 0.319. The van der Waals surface area contributed by atoms with Gasteiger partial charge in [-0.05, 0) is 17.9 Å². The summed E-state index contributed by atoms with van der Waals surface area (Å²) in [7, 11) is -3.07. The number of nitrogens with one attached hydrogen (secondary N) is 1. The van der Waals surface area contributed by atoms with Crippen molar-refractivity contribution < 1.29 is 13.2 Å². The largest absolute Gasteiger partial charge is 0.338 e. The summed E-state index contributed by atoms with van der Waals surface area (Å²) in [4.78, 5) is 13.5. The molecule has 1 fully saturated rings. The van der Waals surface area contributed by atoms with Gasteiger partial charge in [0, 0.05) is 19.6 Å². The molecule has 1 aromatic carbocycles. The van der Waals surface area contributed by atoms with Gasteiger partial charge in [0.2, 0.25) is 0 Å². The number of likely N-dealkylation sites (tertiary alicyclic amines) is 1. The number of hydrogen-bond donors (Lipinski definition) is 1. The Kier molecular flexibility index (Phi) is 5.45. The molecule has 0 unspecified atom stereocenters. The van der Waals surface area contributed by atoms with E-state index in [-0.39, 0.29) is 17.7 Å². The second-order valence-corrected chi connectivity index (χ2v) is 8.54. The zero-order valence-electron chi connectivity index (χ0n) is 13.2. The van der Waals surface area contributed by atoms with Crippen molar-refractivity contribution in [2.75, 3.05) is 25.4 Å². The van der Waals surface area contributed by atoms with Crippen LogP contribution in [0.2, 0.25) is 0 Å². The Bertz CT molecular complexity index is 593. The van der Waals surface area contributed by atoms with E-state index in [0.717, 1.165) is 6.42 Å². The molecule has 2 amide bonds. The van der Waals surface area contributed by atoms with Gasteiger partial charge in [0.05, 0.1) is 11.0 Å². The molecule has 6 heteroatoms. The number of nitrogens with zero attached hydrogens (tertiary/aromatic N) is 1. The Morgan fingerprint density at radius 1 is 1.27 bits per heavy atom. The quantitative estimate of drug-likeness (QED) is 0.866. The van der Waals surface area contributed by atoms with Gasteiger partial charge >= 0.3 is 6.03 Å². The van der Waals surface area contributed by atoms with Gasteiger partial charge in [-0.3, -0.25) is 0 Å². The highest BCUT2D eigenvalue weighted by Crippen LogP contribution is 2.19. The summed E-state index contributed by atoms with van der Waals surface area (Å²) in [6.45, 7) is 4.97. The first-order valence-corrected chi connectivity index (χ1v) is 9.38. The molecule has 1 aromatic rings. The first-order valence-electron chi connectivity index (χ1n) is 7.67. The summed E-state index contributed by atoms with van der Waals surface area (Å²) in [6, 6.07) is 9.76. The summed E-state index contributed by atoms with van der Waals surface area (Å²) < 4.78 is 24.1. The van der Waals surface area contributed by atoms with Crippen molar-refractivity contribution >= 4 is 15.9 Å². The Morgan fingerprint density at radius 2 is 1.91 bits per heavy atom. The van der Waals surface area contributed by atoms with E-state index in [4.69, 9.17) is 0 Å². The molecule has 0 saturated carbocycles. The summed E-state index contributed by atoms with van der Waals surface area (Å²) in [5.41, 5.74) is 1.17. The number of benzene rings is 1. The minimum atomic E-state index is -3.07. The van der Waals surface area contributed by atoms with E-state index in [2.05, 4.69) is 5.32 Å². The third kappa shape index (κ3) is 4.47. The van der Waals surface area contributed by atoms with Crippen LogP contribution in [0.25, 0.3) is 0 Å². The number of rotatable bonds is 6. The van der Waals surface area contributed by atoms with E-state index < -0.39 is 15.1 Å². The molecule has 0 bridgehead atoms. The lowest BCUT2D eigenvalue weighted by molar-refractivity contribution is 0.169. The average Bonchev–Trinajstić information content (AvgIpc) is 2.36. The molecule has 1 heterocycles. The summed E-state index contributed by atoms with van der Waals surface area (Å²) >= 11 is 0. The van der Waals surface area contributed by atoms with Gasteiger partial charge in [0.1, 0.15) is 0 Å². The normalized spacial score (nSPS) is 15.7. The monoisotopic (exact) mass is 324 g/mol. The SMILES string of the molecule is CC(C)CS(=O)(=O)C1CN(C(=O)NCCc2ccccc2)C1. The lowest BCUT2D eigenvalue weighted by Gasteiger charge is -2.38. The van der Waals surface area contributed by atoms with Crippen molar-refractivity contribution in [3.63, 3.8) is 0 Å². The fourth-order valence-electron chi connectivity index (χ4n) is 2.50. The minimum Gasteiger partial charge on any atom is -0.338 e. The molecule has 1 saturated heterocycles. The molecule has 0 spiro atoms. The molecule has 0 aliphatic carbocycles. The number of sulfone groups is 1. The fraction of sp³-hybridized carbons (Fsp3) is 0.562. The van der Waals surface area contributed by atoms with Crippen LogP contribution in [0.4, 0.5) is 4.79 Å². The second kappa shape index (κ2) is 7.13. The molecule has 1 N–H and O–H groups in total. The minimum absolute atomic E-state index is 0.124. The van der Waals surface area contributed by atoms with Crippen LogP contribution in [0.3, 0.4) is 0 Å². The molecule has 1 aliphatic rings. The number of carbonyl (C=O) groups is 1. The Balaban J connectivity index is 1.71. The zero-order valence-corrected chi connectivity index (χ0v) is 14.0. The molecule has 0 atom stereocenters. The van der Waals surface area contributed by atoms with Crippen LogP contribution in [-0.4, -0.2) is 50.0 Å². The average molecular weight is 324 g/mol. The molecule has 0 aromatic heterocycles. The maximum absolute atomic E-state index is 12.0. The molecule has 5 nitrogen and oxygen atoms in total. The van der Waals surface area contributed by atoms with Crippen LogP contribution in [0.5, 0.6) is 0 Å². The van der Waals surface area contributed by atoms with Crippen LogP contribution in [0.15, 0.2) is 30.3 Å². The van der Waals surface area contributed by atoms with E-state index in [1.165, 1.54) is 5.56 Å². The zero-order chi connectivity index (χ0) is 16.2. The lowest BCUT2D eigenvalue weighted by Crippen LogP contribution is -2.60. The van der Waals surface area contributed by atoms with E-state index in [9.17, 15) is 13.2 Å². The van der Waals surface area contributed by atoms with E-state index in [1.54, 1.807) is 4.90 Å². The van der Waals surface area contributed by atoms with Crippen molar-refractivity contribution in [1.29, 1.82) is 0 Å². The number of hydrogen-bond acceptors (Lipinski definition) is 3. The predicted molar refractivity (Wildman–Crippen MR) is 87.5 cm³/mol. The Hall–Kier alpha value is -1.56. The first-order chi connectivity index (χ1) is 10.4. The van der Waals surface area contributed by atoms with Gasteiger partial charge in [0.25, 0.3) is 0 Å². The summed E-state index contributed by atoms with van der Waals surface area (Å²) in [5, 5.41) is 2.44. The van der Waals surface area contributed by atoms with E-state index in [1.807, 2.05) is 44.2 Å². The topological polar surface area (TPSA) is 66.5 Å². The maximum atomic E-state index is 12.0. The molecular weight excluding hydrogens is 300 g/mol. The highest BCUT2D eigenvalue weighted by Gasteiger charge is 2.39. The number of carbonyl (C=O) groups excluding carboxylic acids is 1. The van der Waals surface area contributed by atoms with Crippen LogP contribution < -0.4 is 5.32 Å². The van der Waals surface area contributed by atoms with Gasteiger partial charge in [-0.2, -0.15) is 0 Å². The van der Waals surface area contributed by atoms with Gasteiger partial charge in [-0.15, -0.1) is 0 Å². The van der Waals surface area contributed by atoms with Gasteiger partial charge in [-0.25, -0.2) is 13.2 Å². The second-order valence-electron chi connectivity index (χ2n) is 6.22. The molecule has 1 aliphatic heterocycles. The molecule has 22 heavy (non-hydrogen) atoms. The lowest BCUT2D eigenvalue weighted by atomic mass is 10.1. The van der Waals surface area contributed by atoms with E-state index in [0.29, 0.717) is 19.6 Å². The van der Waals surface area contributed by atoms with Crippen LogP contribution in [-0.2, 0) is 16.3 Å². The van der Waals surface area contributed by atoms with Crippen molar-refractivity contribution in [3.05, 3.63) is 35.9 Å². The van der Waals surface area contributed by atoms with Crippen LogP contribution >= 0.6 is 0 Å². The maximum Gasteiger partial charge on any atom is 0.317 e. The van der Waals surface area contributed by atoms with E-state index >= 15 is 0 Å². The van der Waals surface area contributed by atoms with Gasteiger partial charge in [0.15, 0.2) is 9.84 Å². The standard InChI is InChI=1S/C16H24N2O3S/c1-13(2)12-22(20,21)15-10-18(11-15)16(19)17-9-8-14-6-4-3-5-7-14/h3-7,13,15H,8-12H2,1-2H3,(H,17,19).